The van der Waals surface area contributed by atoms with Gasteiger partial charge in [0, 0.05) is 0 Å². The van der Waals surface area contributed by atoms with Crippen molar-refractivity contribution in [1.82, 2.24) is 0 Å². The molecule has 0 radical (unpaired) electrons. The molecule has 1 aromatic rings. The fourth-order valence-corrected chi connectivity index (χ4v) is 2.64. The molecule has 0 spiro atoms. The predicted molar refractivity (Wildman–Crippen MR) is 85.6 cm³/mol. The third-order valence-electron chi connectivity index (χ3n) is 4.21. The Morgan fingerprint density at radius 2 is 1.75 bits per heavy atom. The molecule has 0 bridgehead atoms. The number of aryl methyl sites for hydroxylation is 1. The molecular formula is C17H26O7. The molecule has 1 aliphatic heterocycles. The maximum absolute atomic E-state index is 9.96. The Morgan fingerprint density at radius 1 is 1.08 bits per heavy atom. The van der Waals surface area contributed by atoms with Gasteiger partial charge in [-0.05, 0) is 37.5 Å². The second kappa shape index (κ2) is 8.75. The number of benzene rings is 1. The zero-order valence-electron chi connectivity index (χ0n) is 13.9. The van der Waals surface area contributed by atoms with Gasteiger partial charge in [0.05, 0.1) is 19.8 Å². The van der Waals surface area contributed by atoms with Crippen LogP contribution in [0.4, 0.5) is 0 Å². The summed E-state index contributed by atoms with van der Waals surface area (Å²) >= 11 is 0. The number of hydrogen-bond donors (Lipinski definition) is 4. The molecular weight excluding hydrogens is 316 g/mol. The van der Waals surface area contributed by atoms with Crippen LogP contribution in [-0.4, -0.2) is 71.0 Å². The van der Waals surface area contributed by atoms with E-state index >= 15 is 0 Å². The van der Waals surface area contributed by atoms with Crippen LogP contribution in [0.1, 0.15) is 18.9 Å². The van der Waals surface area contributed by atoms with E-state index in [1.165, 1.54) is 0 Å². The van der Waals surface area contributed by atoms with Crippen LogP contribution in [0.5, 0.6) is 5.75 Å². The zero-order chi connectivity index (χ0) is 17.7. The van der Waals surface area contributed by atoms with Crippen LogP contribution in [0.3, 0.4) is 0 Å². The number of hydrogen-bond acceptors (Lipinski definition) is 7. The van der Waals surface area contributed by atoms with E-state index in [1.54, 1.807) is 7.11 Å². The van der Waals surface area contributed by atoms with Crippen molar-refractivity contribution in [3.05, 3.63) is 29.8 Å². The highest BCUT2D eigenvalue weighted by atomic mass is 16.7. The smallest absolute Gasteiger partial charge is 0.186 e. The van der Waals surface area contributed by atoms with Gasteiger partial charge in [-0.15, -0.1) is 0 Å². The molecule has 0 aliphatic carbocycles. The average Bonchev–Trinajstić information content (AvgIpc) is 2.60. The van der Waals surface area contributed by atoms with Gasteiger partial charge < -0.3 is 34.6 Å². The topological polar surface area (TPSA) is 109 Å². The Morgan fingerprint density at radius 3 is 2.33 bits per heavy atom. The summed E-state index contributed by atoms with van der Waals surface area (Å²) in [4.78, 5) is 0. The van der Waals surface area contributed by atoms with Gasteiger partial charge >= 0.3 is 0 Å². The number of aliphatic hydroxyl groups is 4. The summed E-state index contributed by atoms with van der Waals surface area (Å²) in [7, 11) is 1.62. The van der Waals surface area contributed by atoms with Crippen LogP contribution in [0.15, 0.2) is 24.3 Å². The minimum atomic E-state index is -1.42. The van der Waals surface area contributed by atoms with E-state index < -0.39 is 37.3 Å². The molecule has 0 aromatic heterocycles. The molecule has 1 aliphatic rings. The first-order valence-corrected chi connectivity index (χ1v) is 8.05. The molecule has 7 nitrogen and oxygen atoms in total. The van der Waals surface area contributed by atoms with Crippen LogP contribution in [0, 0.1) is 0 Å². The lowest BCUT2D eigenvalue weighted by Gasteiger charge is -2.40. The highest BCUT2D eigenvalue weighted by Crippen LogP contribution is 2.24. The summed E-state index contributed by atoms with van der Waals surface area (Å²) in [5.74, 6) is 0.796. The Kier molecular flexibility index (Phi) is 6.97. The van der Waals surface area contributed by atoms with Gasteiger partial charge in [0.25, 0.3) is 0 Å². The second-order valence-corrected chi connectivity index (χ2v) is 6.03. The minimum absolute atomic E-state index is 0.242. The van der Waals surface area contributed by atoms with Crippen molar-refractivity contribution in [2.45, 2.75) is 56.6 Å². The zero-order valence-corrected chi connectivity index (χ0v) is 13.9. The highest BCUT2D eigenvalue weighted by molar-refractivity contribution is 5.27. The van der Waals surface area contributed by atoms with E-state index in [4.69, 9.17) is 19.3 Å². The molecule has 24 heavy (non-hydrogen) atoms. The Bertz CT molecular complexity index is 490. The van der Waals surface area contributed by atoms with E-state index in [9.17, 15) is 15.3 Å². The summed E-state index contributed by atoms with van der Waals surface area (Å²) in [6, 6.07) is 7.72. The molecule has 4 N–H and O–H groups in total. The minimum Gasteiger partial charge on any atom is -0.497 e. The molecule has 0 saturated carbocycles. The quantitative estimate of drug-likeness (QED) is 0.545. The number of rotatable bonds is 7. The standard InChI is InChI=1S/C17H26O7/c1-10(3-4-11-5-7-12(22-2)8-6-11)23-17-16(21)15(20)14(19)13(9-18)24-17/h5-8,10,13-21H,3-4,9H2,1-2H3/t10-,13+,14+,15-,16+,17+/m0/s1. The van der Waals surface area contributed by atoms with Crippen LogP contribution < -0.4 is 4.74 Å². The van der Waals surface area contributed by atoms with Crippen molar-refractivity contribution in [3.8, 4) is 5.75 Å². The monoisotopic (exact) mass is 342 g/mol. The molecule has 1 saturated heterocycles. The number of ether oxygens (including phenoxy) is 3. The van der Waals surface area contributed by atoms with Crippen LogP contribution in [-0.2, 0) is 15.9 Å². The van der Waals surface area contributed by atoms with Gasteiger partial charge in [-0.25, -0.2) is 0 Å². The molecule has 0 amide bonds. The molecule has 1 heterocycles. The van der Waals surface area contributed by atoms with Crippen molar-refractivity contribution < 1.29 is 34.6 Å². The van der Waals surface area contributed by atoms with E-state index in [-0.39, 0.29) is 6.10 Å². The summed E-state index contributed by atoms with van der Waals surface area (Å²) in [6.07, 6.45) is -5.01. The van der Waals surface area contributed by atoms with Crippen molar-refractivity contribution in [2.75, 3.05) is 13.7 Å². The van der Waals surface area contributed by atoms with Crippen LogP contribution >= 0.6 is 0 Å². The Hall–Kier alpha value is -1.22. The Balaban J connectivity index is 1.85. The maximum Gasteiger partial charge on any atom is 0.186 e. The fourth-order valence-electron chi connectivity index (χ4n) is 2.64. The average molecular weight is 342 g/mol. The van der Waals surface area contributed by atoms with Crippen molar-refractivity contribution >= 4 is 0 Å². The number of aliphatic hydroxyl groups excluding tert-OH is 4. The largest absolute Gasteiger partial charge is 0.497 e. The summed E-state index contributed by atoms with van der Waals surface area (Å²) in [5, 5.41) is 38.6. The lowest BCUT2D eigenvalue weighted by molar-refractivity contribution is -0.310. The number of methoxy groups -OCH3 is 1. The van der Waals surface area contributed by atoms with Gasteiger partial charge in [-0.1, -0.05) is 12.1 Å². The van der Waals surface area contributed by atoms with Gasteiger partial charge in [-0.3, -0.25) is 0 Å². The van der Waals surface area contributed by atoms with Gasteiger partial charge in [-0.2, -0.15) is 0 Å². The van der Waals surface area contributed by atoms with E-state index in [0.29, 0.717) is 6.42 Å². The molecule has 7 heteroatoms. The first kappa shape index (κ1) is 19.1. The van der Waals surface area contributed by atoms with Gasteiger partial charge in [0.1, 0.15) is 30.2 Å². The summed E-state index contributed by atoms with van der Waals surface area (Å²) in [5.41, 5.74) is 1.13. The Labute approximate surface area is 141 Å². The SMILES string of the molecule is COc1ccc(CC[C@H](C)O[C@@H]2O[C@H](CO)[C@@H](O)[C@H](O)[C@H]2O)cc1. The van der Waals surface area contributed by atoms with Crippen molar-refractivity contribution in [2.24, 2.45) is 0 Å². The van der Waals surface area contributed by atoms with E-state index in [0.717, 1.165) is 17.7 Å². The van der Waals surface area contributed by atoms with Crippen LogP contribution in [0.2, 0.25) is 0 Å². The van der Waals surface area contributed by atoms with Crippen LogP contribution in [0.25, 0.3) is 0 Å². The second-order valence-electron chi connectivity index (χ2n) is 6.03. The van der Waals surface area contributed by atoms with E-state index in [1.807, 2.05) is 31.2 Å². The third kappa shape index (κ3) is 4.66. The van der Waals surface area contributed by atoms with Crippen molar-refractivity contribution in [3.63, 3.8) is 0 Å². The lowest BCUT2D eigenvalue weighted by atomic mass is 9.99. The van der Waals surface area contributed by atoms with Crippen molar-refractivity contribution in [1.29, 1.82) is 0 Å². The maximum atomic E-state index is 9.96. The summed E-state index contributed by atoms with van der Waals surface area (Å²) < 4.78 is 16.1. The predicted octanol–water partition coefficient (Wildman–Crippen LogP) is -0.167. The third-order valence-corrected chi connectivity index (χ3v) is 4.21. The molecule has 1 fully saturated rings. The molecule has 2 rings (SSSR count). The lowest BCUT2D eigenvalue weighted by Crippen LogP contribution is -2.59. The van der Waals surface area contributed by atoms with Gasteiger partial charge in [0.15, 0.2) is 6.29 Å². The molecule has 136 valence electrons. The molecule has 0 unspecified atom stereocenters. The van der Waals surface area contributed by atoms with Gasteiger partial charge in [0.2, 0.25) is 0 Å². The first-order valence-electron chi connectivity index (χ1n) is 8.05. The molecule has 6 atom stereocenters. The molecule has 1 aromatic carbocycles. The fraction of sp³-hybridized carbons (Fsp3) is 0.647. The van der Waals surface area contributed by atoms with E-state index in [2.05, 4.69) is 0 Å². The summed E-state index contributed by atoms with van der Waals surface area (Å²) in [6.45, 7) is 1.37. The first-order chi connectivity index (χ1) is 11.5. The highest BCUT2D eigenvalue weighted by Gasteiger charge is 2.44. The normalized spacial score (nSPS) is 31.7.